The van der Waals surface area contributed by atoms with Crippen LogP contribution in [0.4, 0.5) is 0 Å². The Kier molecular flexibility index (Phi) is 6.12. The number of carbonyl (C=O) groups excluding carboxylic acids is 1. The van der Waals surface area contributed by atoms with E-state index in [1.807, 2.05) is 11.8 Å². The van der Waals surface area contributed by atoms with Crippen molar-refractivity contribution in [3.05, 3.63) is 35.4 Å². The Balaban J connectivity index is 0.00000169. The fourth-order valence-corrected chi connectivity index (χ4v) is 5.02. The Morgan fingerprint density at radius 2 is 2.08 bits per heavy atom. The van der Waals surface area contributed by atoms with E-state index in [1.165, 1.54) is 42.6 Å². The summed E-state index contributed by atoms with van der Waals surface area (Å²) >= 11 is 1.97. The van der Waals surface area contributed by atoms with Gasteiger partial charge >= 0.3 is 0 Å². The predicted octanol–water partition coefficient (Wildman–Crippen LogP) is 3.57. The highest BCUT2D eigenvalue weighted by Gasteiger charge is 2.39. The molecule has 3 nitrogen and oxygen atoms in total. The van der Waals surface area contributed by atoms with Crippen LogP contribution in [-0.2, 0) is 11.2 Å². The average molecular weight is 367 g/mol. The van der Waals surface area contributed by atoms with Crippen LogP contribution in [0.25, 0.3) is 0 Å². The molecule has 132 valence electrons. The van der Waals surface area contributed by atoms with Crippen molar-refractivity contribution in [1.82, 2.24) is 10.2 Å². The Morgan fingerprint density at radius 3 is 2.83 bits per heavy atom. The van der Waals surface area contributed by atoms with Gasteiger partial charge in [-0.15, -0.1) is 12.4 Å². The van der Waals surface area contributed by atoms with Crippen molar-refractivity contribution in [2.75, 3.05) is 18.1 Å². The Bertz CT molecular complexity index is 572. The number of hydrogen-bond donors (Lipinski definition) is 1. The van der Waals surface area contributed by atoms with E-state index in [0.717, 1.165) is 18.7 Å². The first kappa shape index (κ1) is 18.1. The summed E-state index contributed by atoms with van der Waals surface area (Å²) in [6.45, 7) is 1.04. The average Bonchev–Trinajstić information content (AvgIpc) is 3.41. The number of benzene rings is 1. The number of carbonyl (C=O) groups is 1. The van der Waals surface area contributed by atoms with Gasteiger partial charge in [0.05, 0.1) is 6.04 Å². The molecule has 1 aromatic rings. The van der Waals surface area contributed by atoms with Crippen LogP contribution >= 0.6 is 24.2 Å². The zero-order valence-corrected chi connectivity index (χ0v) is 15.7. The summed E-state index contributed by atoms with van der Waals surface area (Å²) in [7, 11) is 0. The number of nitrogens with one attached hydrogen (secondary N) is 1. The van der Waals surface area contributed by atoms with Gasteiger partial charge in [-0.25, -0.2) is 0 Å². The smallest absolute Gasteiger partial charge is 0.224 e. The number of thioether (sulfide) groups is 1. The highest BCUT2D eigenvalue weighted by Crippen LogP contribution is 2.41. The molecule has 0 spiro atoms. The van der Waals surface area contributed by atoms with E-state index in [9.17, 15) is 4.79 Å². The summed E-state index contributed by atoms with van der Waals surface area (Å²) < 4.78 is 0. The SMILES string of the molecule is Cl.O=C(CC1CSCCN1)N(C1CC1)C1CCCc2ccccc21. The van der Waals surface area contributed by atoms with Gasteiger partial charge < -0.3 is 10.2 Å². The van der Waals surface area contributed by atoms with Gasteiger partial charge in [0.1, 0.15) is 0 Å². The van der Waals surface area contributed by atoms with Crippen molar-refractivity contribution in [2.24, 2.45) is 0 Å². The number of amides is 1. The molecule has 1 amide bonds. The summed E-state index contributed by atoms with van der Waals surface area (Å²) in [6.07, 6.45) is 6.55. The van der Waals surface area contributed by atoms with Crippen LogP contribution in [0.5, 0.6) is 0 Å². The van der Waals surface area contributed by atoms with Gasteiger partial charge in [0.25, 0.3) is 0 Å². The molecule has 1 saturated carbocycles. The van der Waals surface area contributed by atoms with Crippen molar-refractivity contribution in [1.29, 1.82) is 0 Å². The van der Waals surface area contributed by atoms with Crippen LogP contribution in [0.3, 0.4) is 0 Å². The van der Waals surface area contributed by atoms with Crippen LogP contribution in [0.2, 0.25) is 0 Å². The van der Waals surface area contributed by atoms with Crippen LogP contribution < -0.4 is 5.32 Å². The second kappa shape index (κ2) is 8.11. The first-order chi connectivity index (χ1) is 11.3. The first-order valence-corrected chi connectivity index (χ1v) is 10.2. The molecule has 2 atom stereocenters. The molecular formula is C19H27ClN2OS. The van der Waals surface area contributed by atoms with Crippen molar-refractivity contribution in [3.63, 3.8) is 0 Å². The molecule has 2 unspecified atom stereocenters. The fourth-order valence-electron chi connectivity index (χ4n) is 4.07. The van der Waals surface area contributed by atoms with E-state index < -0.39 is 0 Å². The quantitative estimate of drug-likeness (QED) is 0.884. The minimum Gasteiger partial charge on any atom is -0.333 e. The van der Waals surface area contributed by atoms with Gasteiger partial charge in [-0.3, -0.25) is 4.79 Å². The third-order valence-electron chi connectivity index (χ3n) is 5.32. The van der Waals surface area contributed by atoms with Gasteiger partial charge in [0, 0.05) is 36.6 Å². The van der Waals surface area contributed by atoms with E-state index in [-0.39, 0.29) is 12.4 Å². The molecule has 0 radical (unpaired) electrons. The number of hydrogen-bond acceptors (Lipinski definition) is 3. The summed E-state index contributed by atoms with van der Waals surface area (Å²) in [5, 5.41) is 3.52. The lowest BCUT2D eigenvalue weighted by Crippen LogP contribution is -2.45. The molecule has 24 heavy (non-hydrogen) atoms. The topological polar surface area (TPSA) is 32.3 Å². The Labute approximate surface area is 155 Å². The van der Waals surface area contributed by atoms with Crippen molar-refractivity contribution < 1.29 is 4.79 Å². The zero-order valence-electron chi connectivity index (χ0n) is 14.1. The predicted molar refractivity (Wildman–Crippen MR) is 103 cm³/mol. The molecule has 2 fully saturated rings. The maximum atomic E-state index is 13.1. The van der Waals surface area contributed by atoms with E-state index in [4.69, 9.17) is 0 Å². The van der Waals surface area contributed by atoms with Crippen molar-refractivity contribution in [3.8, 4) is 0 Å². The second-order valence-corrected chi connectivity index (χ2v) is 8.22. The molecule has 5 heteroatoms. The minimum atomic E-state index is 0. The van der Waals surface area contributed by atoms with E-state index >= 15 is 0 Å². The Hall–Kier alpha value is -0.710. The van der Waals surface area contributed by atoms with Crippen LogP contribution in [0, 0.1) is 0 Å². The number of aryl methyl sites for hydroxylation is 1. The highest BCUT2D eigenvalue weighted by molar-refractivity contribution is 7.99. The lowest BCUT2D eigenvalue weighted by Gasteiger charge is -2.37. The maximum absolute atomic E-state index is 13.1. The van der Waals surface area contributed by atoms with Gasteiger partial charge in [0.15, 0.2) is 0 Å². The summed E-state index contributed by atoms with van der Waals surface area (Å²) in [4.78, 5) is 15.3. The zero-order chi connectivity index (χ0) is 15.6. The molecule has 0 aromatic heterocycles. The molecule has 1 aromatic carbocycles. The molecule has 0 bridgehead atoms. The molecule has 1 saturated heterocycles. The van der Waals surface area contributed by atoms with Gasteiger partial charge in [-0.1, -0.05) is 24.3 Å². The molecule has 2 aliphatic carbocycles. The minimum absolute atomic E-state index is 0. The fraction of sp³-hybridized carbons (Fsp3) is 0.632. The molecule has 1 aliphatic heterocycles. The molecule has 1 heterocycles. The van der Waals surface area contributed by atoms with Crippen LogP contribution in [0.15, 0.2) is 24.3 Å². The van der Waals surface area contributed by atoms with Crippen LogP contribution in [0.1, 0.15) is 49.3 Å². The normalized spacial score (nSPS) is 26.2. The summed E-state index contributed by atoms with van der Waals surface area (Å²) in [6, 6.07) is 9.93. The lowest BCUT2D eigenvalue weighted by molar-refractivity contribution is -0.135. The molecule has 1 N–H and O–H groups in total. The molecule has 4 rings (SSSR count). The van der Waals surface area contributed by atoms with E-state index in [0.29, 0.717) is 30.5 Å². The third kappa shape index (κ3) is 3.92. The number of fused-ring (bicyclic) bond motifs is 1. The highest BCUT2D eigenvalue weighted by atomic mass is 35.5. The monoisotopic (exact) mass is 366 g/mol. The summed E-state index contributed by atoms with van der Waals surface area (Å²) in [5.74, 6) is 2.62. The molecule has 3 aliphatic rings. The standard InChI is InChI=1S/C19H26N2OS.ClH/c22-19(12-15-13-23-11-10-20-15)21(16-8-9-16)18-7-3-5-14-4-1-2-6-17(14)18;/h1-2,4,6,15-16,18,20H,3,5,7-13H2;1H. The van der Waals surface area contributed by atoms with Gasteiger partial charge in [-0.2, -0.15) is 11.8 Å². The molecular weight excluding hydrogens is 340 g/mol. The number of halogens is 1. The first-order valence-electron chi connectivity index (χ1n) is 9.03. The lowest BCUT2D eigenvalue weighted by atomic mass is 9.86. The number of rotatable bonds is 4. The van der Waals surface area contributed by atoms with Crippen molar-refractivity contribution in [2.45, 2.75) is 56.7 Å². The second-order valence-electron chi connectivity index (χ2n) is 7.07. The Morgan fingerprint density at radius 1 is 1.25 bits per heavy atom. The third-order valence-corrected chi connectivity index (χ3v) is 6.45. The largest absolute Gasteiger partial charge is 0.333 e. The van der Waals surface area contributed by atoms with E-state index in [1.54, 1.807) is 0 Å². The number of nitrogens with zero attached hydrogens (tertiary/aromatic N) is 1. The van der Waals surface area contributed by atoms with Gasteiger partial charge in [-0.05, 0) is 43.2 Å². The summed E-state index contributed by atoms with van der Waals surface area (Å²) in [5.41, 5.74) is 2.86. The van der Waals surface area contributed by atoms with Gasteiger partial charge in [0.2, 0.25) is 5.91 Å². The van der Waals surface area contributed by atoms with Crippen LogP contribution in [-0.4, -0.2) is 40.9 Å². The maximum Gasteiger partial charge on any atom is 0.224 e. The van der Waals surface area contributed by atoms with E-state index in [2.05, 4.69) is 34.5 Å². The van der Waals surface area contributed by atoms with Crippen molar-refractivity contribution >= 4 is 30.1 Å².